The number of nitrogens with zero attached hydrogens (tertiary/aromatic N) is 3. The quantitative estimate of drug-likeness (QED) is 0.571. The topological polar surface area (TPSA) is 66.2 Å². The van der Waals surface area contributed by atoms with Gasteiger partial charge in [0.05, 0.1) is 18.8 Å². The molecule has 0 bridgehead atoms. The Morgan fingerprint density at radius 2 is 1.95 bits per heavy atom. The molecule has 6 heteroatoms. The fourth-order valence-electron chi connectivity index (χ4n) is 1.66. The Morgan fingerprint density at radius 3 is 2.52 bits per heavy atom. The van der Waals surface area contributed by atoms with E-state index in [1.54, 1.807) is 4.68 Å². The second-order valence-corrected chi connectivity index (χ2v) is 6.54. The second-order valence-electron chi connectivity index (χ2n) is 6.54. The highest BCUT2D eigenvalue weighted by atomic mass is 16.6. The van der Waals surface area contributed by atoms with Gasteiger partial charge in [-0.15, -0.1) is 5.10 Å². The van der Waals surface area contributed by atoms with Gasteiger partial charge in [-0.2, -0.15) is 0 Å². The normalized spacial score (nSPS) is 12.0. The molecule has 1 heterocycles. The largest absolute Gasteiger partial charge is 0.455 e. The fourth-order valence-corrected chi connectivity index (χ4v) is 1.66. The molecular weight excluding hydrogens is 270 g/mol. The lowest BCUT2D eigenvalue weighted by atomic mass is 10.1. The summed E-state index contributed by atoms with van der Waals surface area (Å²) in [5.41, 5.74) is 0.441. The van der Waals surface area contributed by atoms with Gasteiger partial charge in [0, 0.05) is 6.61 Å². The van der Waals surface area contributed by atoms with E-state index < -0.39 is 11.6 Å². The smallest absolute Gasteiger partial charge is 0.361 e. The van der Waals surface area contributed by atoms with Gasteiger partial charge >= 0.3 is 5.97 Å². The highest BCUT2D eigenvalue weighted by Gasteiger charge is 2.23. The fraction of sp³-hybridized carbons (Fsp3) is 0.800. The standard InChI is InChI=1S/C15H27N3O3/c1-11(2)7-9-20-10-8-18-12(3)13(16-17-18)14(19)21-15(4,5)6/h11H,7-10H2,1-6H3. The lowest BCUT2D eigenvalue weighted by Gasteiger charge is -2.18. The molecule has 1 aromatic heterocycles. The maximum Gasteiger partial charge on any atom is 0.361 e. The third-order valence-corrected chi connectivity index (χ3v) is 2.86. The van der Waals surface area contributed by atoms with Crippen LogP contribution in [0, 0.1) is 12.8 Å². The summed E-state index contributed by atoms with van der Waals surface area (Å²) in [6.07, 6.45) is 1.04. The predicted molar refractivity (Wildman–Crippen MR) is 80.2 cm³/mol. The van der Waals surface area contributed by atoms with E-state index in [4.69, 9.17) is 9.47 Å². The molecule has 120 valence electrons. The van der Waals surface area contributed by atoms with E-state index in [2.05, 4.69) is 24.2 Å². The lowest BCUT2D eigenvalue weighted by Crippen LogP contribution is -2.24. The van der Waals surface area contributed by atoms with Gasteiger partial charge in [-0.05, 0) is 40.0 Å². The molecule has 0 radical (unpaired) electrons. The molecule has 0 N–H and O–H groups in total. The van der Waals surface area contributed by atoms with E-state index in [1.165, 1.54) is 0 Å². The summed E-state index contributed by atoms with van der Waals surface area (Å²) in [4.78, 5) is 12.0. The summed E-state index contributed by atoms with van der Waals surface area (Å²) in [5, 5.41) is 7.90. The molecule has 0 atom stereocenters. The molecule has 0 aliphatic carbocycles. The first-order chi connectivity index (χ1) is 9.70. The van der Waals surface area contributed by atoms with Gasteiger partial charge < -0.3 is 9.47 Å². The van der Waals surface area contributed by atoms with Gasteiger partial charge in [0.15, 0.2) is 5.69 Å². The minimum atomic E-state index is -0.534. The van der Waals surface area contributed by atoms with E-state index in [9.17, 15) is 4.79 Å². The highest BCUT2D eigenvalue weighted by Crippen LogP contribution is 2.13. The third kappa shape index (κ3) is 6.25. The number of rotatable bonds is 7. The molecular formula is C15H27N3O3. The first-order valence-electron chi connectivity index (χ1n) is 7.42. The molecule has 0 aliphatic rings. The summed E-state index contributed by atoms with van der Waals surface area (Å²) < 4.78 is 12.5. The van der Waals surface area contributed by atoms with Crippen molar-refractivity contribution in [2.45, 2.75) is 60.1 Å². The number of ether oxygens (including phenoxy) is 2. The van der Waals surface area contributed by atoms with Crippen molar-refractivity contribution in [3.8, 4) is 0 Å². The number of aromatic nitrogens is 3. The number of carbonyl (C=O) groups is 1. The van der Waals surface area contributed by atoms with E-state index in [-0.39, 0.29) is 5.69 Å². The Bertz CT molecular complexity index is 461. The summed E-state index contributed by atoms with van der Waals surface area (Å²) in [6.45, 7) is 13.5. The molecule has 0 amide bonds. The molecule has 1 aromatic rings. The lowest BCUT2D eigenvalue weighted by molar-refractivity contribution is 0.00617. The second kappa shape index (κ2) is 7.54. The SMILES string of the molecule is Cc1c(C(=O)OC(C)(C)C)nnn1CCOCCC(C)C. The third-order valence-electron chi connectivity index (χ3n) is 2.86. The number of hydrogen-bond acceptors (Lipinski definition) is 5. The van der Waals surface area contributed by atoms with Crippen LogP contribution in [-0.2, 0) is 16.0 Å². The van der Waals surface area contributed by atoms with Crippen LogP contribution in [0.3, 0.4) is 0 Å². The predicted octanol–water partition coefficient (Wildman–Crippen LogP) is 2.60. The summed E-state index contributed by atoms with van der Waals surface area (Å²) in [6, 6.07) is 0. The number of hydrogen-bond donors (Lipinski definition) is 0. The molecule has 0 fully saturated rings. The zero-order chi connectivity index (χ0) is 16.0. The van der Waals surface area contributed by atoms with E-state index in [0.29, 0.717) is 24.8 Å². The highest BCUT2D eigenvalue weighted by molar-refractivity contribution is 5.88. The molecule has 6 nitrogen and oxygen atoms in total. The van der Waals surface area contributed by atoms with Gasteiger partial charge in [0.2, 0.25) is 0 Å². The van der Waals surface area contributed by atoms with Crippen molar-refractivity contribution >= 4 is 5.97 Å². The molecule has 0 unspecified atom stereocenters. The average molecular weight is 297 g/mol. The van der Waals surface area contributed by atoms with Crippen LogP contribution in [0.25, 0.3) is 0 Å². The van der Waals surface area contributed by atoms with Crippen molar-refractivity contribution < 1.29 is 14.3 Å². The Morgan fingerprint density at radius 1 is 1.29 bits per heavy atom. The maximum absolute atomic E-state index is 12.0. The zero-order valence-corrected chi connectivity index (χ0v) is 14.0. The van der Waals surface area contributed by atoms with Crippen LogP contribution in [0.4, 0.5) is 0 Å². The van der Waals surface area contributed by atoms with Crippen molar-refractivity contribution in [2.75, 3.05) is 13.2 Å². The summed E-state index contributed by atoms with van der Waals surface area (Å²) >= 11 is 0. The minimum Gasteiger partial charge on any atom is -0.455 e. The van der Waals surface area contributed by atoms with E-state index >= 15 is 0 Å². The van der Waals surface area contributed by atoms with Gasteiger partial charge in [-0.25, -0.2) is 9.48 Å². The van der Waals surface area contributed by atoms with Gasteiger partial charge in [0.25, 0.3) is 0 Å². The number of carbonyl (C=O) groups excluding carboxylic acids is 1. The van der Waals surface area contributed by atoms with Crippen LogP contribution in [-0.4, -0.2) is 39.8 Å². The maximum atomic E-state index is 12.0. The van der Waals surface area contributed by atoms with Crippen molar-refractivity contribution in [3.63, 3.8) is 0 Å². The van der Waals surface area contributed by atoms with Crippen molar-refractivity contribution in [2.24, 2.45) is 5.92 Å². The Balaban J connectivity index is 2.50. The van der Waals surface area contributed by atoms with E-state index in [1.807, 2.05) is 27.7 Å². The molecule has 21 heavy (non-hydrogen) atoms. The minimum absolute atomic E-state index is 0.270. The van der Waals surface area contributed by atoms with Crippen molar-refractivity contribution in [1.29, 1.82) is 0 Å². The van der Waals surface area contributed by atoms with Gasteiger partial charge in [0.1, 0.15) is 5.60 Å². The van der Waals surface area contributed by atoms with Crippen LogP contribution in [0.2, 0.25) is 0 Å². The van der Waals surface area contributed by atoms with E-state index in [0.717, 1.165) is 13.0 Å². The Hall–Kier alpha value is -1.43. The first kappa shape index (κ1) is 17.6. The zero-order valence-electron chi connectivity index (χ0n) is 14.0. The average Bonchev–Trinajstić information content (AvgIpc) is 2.68. The summed E-state index contributed by atoms with van der Waals surface area (Å²) in [7, 11) is 0. The summed E-state index contributed by atoms with van der Waals surface area (Å²) in [5.74, 6) is 0.198. The molecule has 0 aliphatic heterocycles. The van der Waals surface area contributed by atoms with Crippen molar-refractivity contribution in [3.05, 3.63) is 11.4 Å². The van der Waals surface area contributed by atoms with Crippen LogP contribution >= 0.6 is 0 Å². The van der Waals surface area contributed by atoms with Crippen LogP contribution in [0.5, 0.6) is 0 Å². The van der Waals surface area contributed by atoms with Crippen LogP contribution in [0.15, 0.2) is 0 Å². The Labute approximate surface area is 126 Å². The molecule has 0 saturated carbocycles. The monoisotopic (exact) mass is 297 g/mol. The number of esters is 1. The van der Waals surface area contributed by atoms with Crippen LogP contribution < -0.4 is 0 Å². The van der Waals surface area contributed by atoms with Crippen LogP contribution in [0.1, 0.15) is 57.2 Å². The van der Waals surface area contributed by atoms with Gasteiger partial charge in [-0.3, -0.25) is 0 Å². The molecule has 0 aromatic carbocycles. The molecule has 0 spiro atoms. The molecule has 1 rings (SSSR count). The Kier molecular flexibility index (Phi) is 6.33. The van der Waals surface area contributed by atoms with Gasteiger partial charge in [-0.1, -0.05) is 19.1 Å². The van der Waals surface area contributed by atoms with Crippen molar-refractivity contribution in [1.82, 2.24) is 15.0 Å². The first-order valence-corrected chi connectivity index (χ1v) is 7.42. The molecule has 0 saturated heterocycles.